The predicted molar refractivity (Wildman–Crippen MR) is 82.0 cm³/mol. The van der Waals surface area contributed by atoms with Crippen molar-refractivity contribution < 1.29 is 12.8 Å². The normalized spacial score (nSPS) is 16.6. The van der Waals surface area contributed by atoms with E-state index in [-0.39, 0.29) is 16.8 Å². The van der Waals surface area contributed by atoms with E-state index < -0.39 is 9.84 Å². The monoisotopic (exact) mass is 322 g/mol. The van der Waals surface area contributed by atoms with Crippen LogP contribution in [0.25, 0.3) is 0 Å². The average molecular weight is 322 g/mol. The highest BCUT2D eigenvalue weighted by atomic mass is 32.2. The van der Waals surface area contributed by atoms with Crippen molar-refractivity contribution in [2.75, 3.05) is 24.7 Å². The van der Waals surface area contributed by atoms with E-state index in [1.807, 2.05) is 0 Å². The summed E-state index contributed by atoms with van der Waals surface area (Å²) in [6.45, 7) is 1.90. The molecule has 8 heteroatoms. The van der Waals surface area contributed by atoms with Gasteiger partial charge >= 0.3 is 6.01 Å². The second-order valence-corrected chi connectivity index (χ2v) is 7.41. The molecule has 118 valence electrons. The summed E-state index contributed by atoms with van der Waals surface area (Å²) >= 11 is 0. The van der Waals surface area contributed by atoms with Crippen LogP contribution in [0.3, 0.4) is 0 Å². The van der Waals surface area contributed by atoms with Crippen LogP contribution in [0.4, 0.5) is 11.7 Å². The first-order valence-corrected chi connectivity index (χ1v) is 9.03. The number of piperidine rings is 1. The molecule has 0 aliphatic carbocycles. The van der Waals surface area contributed by atoms with Crippen molar-refractivity contribution in [2.45, 2.75) is 23.7 Å². The van der Waals surface area contributed by atoms with Crippen LogP contribution in [0.5, 0.6) is 0 Å². The van der Waals surface area contributed by atoms with E-state index in [4.69, 9.17) is 4.42 Å². The van der Waals surface area contributed by atoms with Crippen molar-refractivity contribution in [1.29, 1.82) is 0 Å². The molecule has 0 atom stereocenters. The molecule has 0 spiro atoms. The van der Waals surface area contributed by atoms with Gasteiger partial charge < -0.3 is 15.1 Å². The fourth-order valence-electron chi connectivity index (χ4n) is 2.45. The summed E-state index contributed by atoms with van der Waals surface area (Å²) in [6, 6.07) is 6.80. The number of anilines is 2. The Kier molecular flexibility index (Phi) is 4.12. The molecule has 1 aliphatic rings. The molecule has 2 heterocycles. The molecular formula is C14H18N4O3S. The van der Waals surface area contributed by atoms with Crippen LogP contribution in [0.1, 0.15) is 24.7 Å². The zero-order valence-electron chi connectivity index (χ0n) is 12.2. The van der Waals surface area contributed by atoms with Gasteiger partial charge in [-0.25, -0.2) is 8.42 Å². The first kappa shape index (κ1) is 15.0. The van der Waals surface area contributed by atoms with Crippen molar-refractivity contribution in [3.8, 4) is 0 Å². The van der Waals surface area contributed by atoms with Crippen LogP contribution in [-0.4, -0.2) is 38.0 Å². The molecule has 0 unspecified atom stereocenters. The topological polar surface area (TPSA) is 97.1 Å². The van der Waals surface area contributed by atoms with E-state index in [0.717, 1.165) is 25.9 Å². The predicted octanol–water partition coefficient (Wildman–Crippen LogP) is 1.68. The Labute approximate surface area is 129 Å². The smallest absolute Gasteiger partial charge is 0.320 e. The minimum absolute atomic E-state index is 0.246. The summed E-state index contributed by atoms with van der Waals surface area (Å²) in [4.78, 5) is 0.246. The van der Waals surface area contributed by atoms with Gasteiger partial charge in [0.15, 0.2) is 9.84 Å². The zero-order chi connectivity index (χ0) is 15.6. The largest absolute Gasteiger partial charge is 0.408 e. The van der Waals surface area contributed by atoms with Crippen molar-refractivity contribution in [3.05, 3.63) is 30.2 Å². The first-order chi connectivity index (χ1) is 10.5. The van der Waals surface area contributed by atoms with Crippen LogP contribution < -0.4 is 10.6 Å². The Hall–Kier alpha value is -1.93. The van der Waals surface area contributed by atoms with E-state index in [2.05, 4.69) is 20.8 Å². The van der Waals surface area contributed by atoms with Gasteiger partial charge in [0.2, 0.25) is 5.89 Å². The van der Waals surface area contributed by atoms with Gasteiger partial charge in [-0.15, -0.1) is 5.10 Å². The highest BCUT2D eigenvalue weighted by Crippen LogP contribution is 2.26. The molecule has 1 aromatic carbocycles. The lowest BCUT2D eigenvalue weighted by atomic mass is 9.98. The zero-order valence-corrected chi connectivity index (χ0v) is 13.1. The molecule has 22 heavy (non-hydrogen) atoms. The maximum Gasteiger partial charge on any atom is 0.320 e. The highest BCUT2D eigenvalue weighted by molar-refractivity contribution is 7.90. The number of hydrogen-bond acceptors (Lipinski definition) is 7. The summed E-state index contributed by atoms with van der Waals surface area (Å²) in [5, 5.41) is 14.3. The highest BCUT2D eigenvalue weighted by Gasteiger charge is 2.21. The number of hydrogen-bond donors (Lipinski definition) is 2. The SMILES string of the molecule is CS(=O)(=O)c1cccc(Nc2nnc(C3CCNCC3)o2)c1. The van der Waals surface area contributed by atoms with Gasteiger partial charge in [-0.2, -0.15) is 0 Å². The Morgan fingerprint density at radius 1 is 1.27 bits per heavy atom. The Bertz CT molecular complexity index is 751. The van der Waals surface area contributed by atoms with Crippen molar-refractivity contribution in [2.24, 2.45) is 0 Å². The molecule has 3 rings (SSSR count). The summed E-state index contributed by atoms with van der Waals surface area (Å²) in [5.41, 5.74) is 0.600. The summed E-state index contributed by atoms with van der Waals surface area (Å²) < 4.78 is 28.8. The average Bonchev–Trinajstić information content (AvgIpc) is 2.96. The first-order valence-electron chi connectivity index (χ1n) is 7.13. The Morgan fingerprint density at radius 2 is 2.05 bits per heavy atom. The van der Waals surface area contributed by atoms with Gasteiger partial charge in [-0.05, 0) is 44.1 Å². The Morgan fingerprint density at radius 3 is 2.77 bits per heavy atom. The maximum atomic E-state index is 11.6. The molecule has 1 saturated heterocycles. The van der Waals surface area contributed by atoms with Gasteiger partial charge in [-0.1, -0.05) is 11.2 Å². The van der Waals surface area contributed by atoms with Gasteiger partial charge in [0, 0.05) is 17.9 Å². The molecule has 0 saturated carbocycles. The van der Waals surface area contributed by atoms with E-state index >= 15 is 0 Å². The van der Waals surface area contributed by atoms with E-state index in [1.165, 1.54) is 6.26 Å². The van der Waals surface area contributed by atoms with E-state index in [1.54, 1.807) is 24.3 Å². The lowest BCUT2D eigenvalue weighted by Gasteiger charge is -2.18. The van der Waals surface area contributed by atoms with Crippen LogP contribution >= 0.6 is 0 Å². The molecular weight excluding hydrogens is 304 g/mol. The van der Waals surface area contributed by atoms with Crippen LogP contribution in [0.15, 0.2) is 33.6 Å². The molecule has 0 radical (unpaired) electrons. The quantitative estimate of drug-likeness (QED) is 0.884. The Balaban J connectivity index is 1.75. The fourth-order valence-corrected chi connectivity index (χ4v) is 3.11. The summed E-state index contributed by atoms with van der Waals surface area (Å²) in [5.74, 6) is 0.912. The summed E-state index contributed by atoms with van der Waals surface area (Å²) in [7, 11) is -3.24. The lowest BCUT2D eigenvalue weighted by Crippen LogP contribution is -2.26. The van der Waals surface area contributed by atoms with Gasteiger partial charge in [0.05, 0.1) is 4.90 Å². The molecule has 1 aromatic heterocycles. The van der Waals surface area contributed by atoms with Crippen LogP contribution in [-0.2, 0) is 9.84 Å². The van der Waals surface area contributed by atoms with Gasteiger partial charge in [0.1, 0.15) is 0 Å². The minimum atomic E-state index is -3.24. The van der Waals surface area contributed by atoms with Gasteiger partial charge in [-0.3, -0.25) is 0 Å². The molecule has 0 amide bonds. The number of nitrogens with zero attached hydrogens (tertiary/aromatic N) is 2. The fraction of sp³-hybridized carbons (Fsp3) is 0.429. The number of rotatable bonds is 4. The number of aromatic nitrogens is 2. The number of sulfone groups is 1. The van der Waals surface area contributed by atoms with Crippen molar-refractivity contribution in [1.82, 2.24) is 15.5 Å². The van der Waals surface area contributed by atoms with Crippen LogP contribution in [0.2, 0.25) is 0 Å². The number of nitrogens with one attached hydrogen (secondary N) is 2. The maximum absolute atomic E-state index is 11.6. The van der Waals surface area contributed by atoms with Crippen molar-refractivity contribution >= 4 is 21.5 Å². The van der Waals surface area contributed by atoms with E-state index in [9.17, 15) is 8.42 Å². The van der Waals surface area contributed by atoms with Crippen molar-refractivity contribution in [3.63, 3.8) is 0 Å². The molecule has 0 bridgehead atoms. The minimum Gasteiger partial charge on any atom is -0.408 e. The molecule has 2 aromatic rings. The van der Waals surface area contributed by atoms with Gasteiger partial charge in [0.25, 0.3) is 0 Å². The molecule has 1 fully saturated rings. The molecule has 7 nitrogen and oxygen atoms in total. The lowest BCUT2D eigenvalue weighted by molar-refractivity contribution is 0.379. The second-order valence-electron chi connectivity index (χ2n) is 5.39. The molecule has 1 aliphatic heterocycles. The summed E-state index contributed by atoms with van der Waals surface area (Å²) in [6.07, 6.45) is 3.13. The second kappa shape index (κ2) is 6.05. The third kappa shape index (κ3) is 3.45. The molecule has 2 N–H and O–H groups in total. The third-order valence-electron chi connectivity index (χ3n) is 3.64. The van der Waals surface area contributed by atoms with Crippen LogP contribution in [0, 0.1) is 0 Å². The van der Waals surface area contributed by atoms with E-state index in [0.29, 0.717) is 11.6 Å². The number of benzene rings is 1. The third-order valence-corrected chi connectivity index (χ3v) is 4.75. The standard InChI is InChI=1S/C14H18N4O3S/c1-22(19,20)12-4-2-3-11(9-12)16-14-18-17-13(21-14)10-5-7-15-8-6-10/h2-4,9-10,15H,5-8H2,1H3,(H,16,18).